The molecular formula is C20H18ClN3O. The number of anilines is 2. The zero-order chi connectivity index (χ0) is 17.6. The number of amides is 1. The van der Waals surface area contributed by atoms with Crippen LogP contribution in [0, 0.1) is 6.92 Å². The summed E-state index contributed by atoms with van der Waals surface area (Å²) < 4.78 is 0. The zero-order valence-corrected chi connectivity index (χ0v) is 14.5. The molecule has 2 N–H and O–H groups in total. The molecular weight excluding hydrogens is 334 g/mol. The van der Waals surface area contributed by atoms with Crippen molar-refractivity contribution >= 4 is 28.9 Å². The van der Waals surface area contributed by atoms with Crippen molar-refractivity contribution in [2.75, 3.05) is 5.32 Å². The van der Waals surface area contributed by atoms with Gasteiger partial charge in [0.05, 0.1) is 11.9 Å². The molecule has 0 bridgehead atoms. The lowest BCUT2D eigenvalue weighted by molar-refractivity contribution is 0.0946. The molecule has 0 saturated heterocycles. The van der Waals surface area contributed by atoms with Crippen LogP contribution in [0.15, 0.2) is 66.9 Å². The highest BCUT2D eigenvalue weighted by atomic mass is 35.5. The Morgan fingerprint density at radius 3 is 2.52 bits per heavy atom. The molecule has 0 radical (unpaired) electrons. The fraction of sp³-hybridized carbons (Fsp3) is 0.100. The summed E-state index contributed by atoms with van der Waals surface area (Å²) in [6.07, 6.45) is 1.63. The number of nitrogens with one attached hydrogen (secondary N) is 2. The van der Waals surface area contributed by atoms with Crippen molar-refractivity contribution in [1.29, 1.82) is 0 Å². The van der Waals surface area contributed by atoms with Gasteiger partial charge in [0.1, 0.15) is 5.69 Å². The third-order valence-corrected chi connectivity index (χ3v) is 3.92. The third kappa shape index (κ3) is 4.81. The number of carbonyl (C=O) groups is 1. The van der Waals surface area contributed by atoms with Gasteiger partial charge in [-0.2, -0.15) is 0 Å². The lowest BCUT2D eigenvalue weighted by Crippen LogP contribution is -2.23. The van der Waals surface area contributed by atoms with Crippen LogP contribution in [0.4, 0.5) is 11.4 Å². The van der Waals surface area contributed by atoms with Gasteiger partial charge >= 0.3 is 0 Å². The minimum Gasteiger partial charge on any atom is -0.354 e. The number of carbonyl (C=O) groups excluding carboxylic acids is 1. The Labute approximate surface area is 151 Å². The molecule has 0 aliphatic carbocycles. The first-order valence-corrected chi connectivity index (χ1v) is 8.30. The molecule has 5 heteroatoms. The van der Waals surface area contributed by atoms with Gasteiger partial charge in [-0.1, -0.05) is 47.5 Å². The molecule has 1 heterocycles. The van der Waals surface area contributed by atoms with Gasteiger partial charge in [-0.15, -0.1) is 0 Å². The predicted molar refractivity (Wildman–Crippen MR) is 101 cm³/mol. The molecule has 0 saturated carbocycles. The van der Waals surface area contributed by atoms with Crippen LogP contribution in [0.5, 0.6) is 0 Å². The second-order valence-corrected chi connectivity index (χ2v) is 6.17. The Bertz CT molecular complexity index is 861. The summed E-state index contributed by atoms with van der Waals surface area (Å²) in [5.41, 5.74) is 4.28. The number of halogens is 1. The SMILES string of the molecule is Cc1ccc(CNC(=O)c2ccc(Nc3cccc(Cl)c3)cn2)cc1. The molecule has 3 rings (SSSR count). The van der Waals surface area contributed by atoms with E-state index in [1.165, 1.54) is 5.56 Å². The summed E-state index contributed by atoms with van der Waals surface area (Å²) in [6.45, 7) is 2.51. The Morgan fingerprint density at radius 2 is 1.84 bits per heavy atom. The molecule has 0 unspecified atom stereocenters. The van der Waals surface area contributed by atoms with Crippen LogP contribution < -0.4 is 10.6 Å². The van der Waals surface area contributed by atoms with Gasteiger partial charge in [0, 0.05) is 17.3 Å². The first-order valence-electron chi connectivity index (χ1n) is 7.92. The van der Waals surface area contributed by atoms with Crippen molar-refractivity contribution in [2.45, 2.75) is 13.5 Å². The molecule has 0 aliphatic rings. The number of pyridine rings is 1. The topological polar surface area (TPSA) is 54.0 Å². The van der Waals surface area contributed by atoms with Gasteiger partial charge < -0.3 is 10.6 Å². The van der Waals surface area contributed by atoms with Crippen LogP contribution in [0.2, 0.25) is 5.02 Å². The number of nitrogens with zero attached hydrogens (tertiary/aromatic N) is 1. The molecule has 0 aliphatic heterocycles. The molecule has 0 atom stereocenters. The maximum absolute atomic E-state index is 12.2. The summed E-state index contributed by atoms with van der Waals surface area (Å²) in [4.78, 5) is 16.4. The summed E-state index contributed by atoms with van der Waals surface area (Å²) in [6, 6.07) is 19.0. The van der Waals surface area contributed by atoms with Gasteiger partial charge in [0.25, 0.3) is 5.91 Å². The van der Waals surface area contributed by atoms with Crippen LogP contribution in [0.25, 0.3) is 0 Å². The predicted octanol–water partition coefficient (Wildman–Crippen LogP) is 4.72. The van der Waals surface area contributed by atoms with E-state index in [1.807, 2.05) is 61.5 Å². The molecule has 25 heavy (non-hydrogen) atoms. The van der Waals surface area contributed by atoms with Crippen LogP contribution in [-0.4, -0.2) is 10.9 Å². The maximum atomic E-state index is 12.2. The Balaban J connectivity index is 1.59. The van der Waals surface area contributed by atoms with E-state index in [1.54, 1.807) is 12.3 Å². The van der Waals surface area contributed by atoms with Gasteiger partial charge in [0.15, 0.2) is 0 Å². The van der Waals surface area contributed by atoms with Gasteiger partial charge in [-0.3, -0.25) is 4.79 Å². The Kier molecular flexibility index (Phi) is 5.31. The molecule has 126 valence electrons. The van der Waals surface area contributed by atoms with E-state index < -0.39 is 0 Å². The van der Waals surface area contributed by atoms with E-state index in [0.29, 0.717) is 17.3 Å². The number of aromatic nitrogens is 1. The number of hydrogen-bond acceptors (Lipinski definition) is 3. The van der Waals surface area contributed by atoms with E-state index in [0.717, 1.165) is 16.9 Å². The number of benzene rings is 2. The molecule has 3 aromatic rings. The fourth-order valence-electron chi connectivity index (χ4n) is 2.31. The first kappa shape index (κ1) is 17.0. The van der Waals surface area contributed by atoms with Gasteiger partial charge in [-0.25, -0.2) is 4.98 Å². The van der Waals surface area contributed by atoms with Crippen molar-refractivity contribution in [2.24, 2.45) is 0 Å². The van der Waals surface area contributed by atoms with E-state index in [-0.39, 0.29) is 5.91 Å². The maximum Gasteiger partial charge on any atom is 0.270 e. The summed E-state index contributed by atoms with van der Waals surface area (Å²) in [7, 11) is 0. The zero-order valence-electron chi connectivity index (χ0n) is 13.8. The van der Waals surface area contributed by atoms with Crippen molar-refractivity contribution in [3.8, 4) is 0 Å². The van der Waals surface area contributed by atoms with E-state index >= 15 is 0 Å². The minimum atomic E-state index is -0.199. The molecule has 0 fully saturated rings. The Hall–Kier alpha value is -2.85. The molecule has 0 spiro atoms. The first-order chi connectivity index (χ1) is 12.1. The fourth-order valence-corrected chi connectivity index (χ4v) is 2.50. The highest BCUT2D eigenvalue weighted by Crippen LogP contribution is 2.19. The number of aryl methyl sites for hydroxylation is 1. The standard InChI is InChI=1S/C20H18ClN3O/c1-14-5-7-15(8-6-14)12-23-20(25)19-10-9-18(13-22-19)24-17-4-2-3-16(21)11-17/h2-11,13,24H,12H2,1H3,(H,23,25). The summed E-state index contributed by atoms with van der Waals surface area (Å²) in [5, 5.41) is 6.72. The average molecular weight is 352 g/mol. The van der Waals surface area contributed by atoms with Crippen molar-refractivity contribution in [3.63, 3.8) is 0 Å². The van der Waals surface area contributed by atoms with Crippen molar-refractivity contribution in [1.82, 2.24) is 10.3 Å². The second kappa shape index (κ2) is 7.81. The number of hydrogen-bond donors (Lipinski definition) is 2. The lowest BCUT2D eigenvalue weighted by atomic mass is 10.1. The normalized spacial score (nSPS) is 10.3. The smallest absolute Gasteiger partial charge is 0.270 e. The van der Waals surface area contributed by atoms with E-state index in [2.05, 4.69) is 15.6 Å². The van der Waals surface area contributed by atoms with Crippen LogP contribution >= 0.6 is 11.6 Å². The van der Waals surface area contributed by atoms with Crippen LogP contribution in [-0.2, 0) is 6.54 Å². The van der Waals surface area contributed by atoms with Crippen molar-refractivity contribution < 1.29 is 4.79 Å². The van der Waals surface area contributed by atoms with Crippen LogP contribution in [0.1, 0.15) is 21.6 Å². The molecule has 1 amide bonds. The molecule has 1 aromatic heterocycles. The average Bonchev–Trinajstić information content (AvgIpc) is 2.62. The quantitative estimate of drug-likeness (QED) is 0.699. The highest BCUT2D eigenvalue weighted by Gasteiger charge is 2.07. The summed E-state index contributed by atoms with van der Waals surface area (Å²) in [5.74, 6) is -0.199. The van der Waals surface area contributed by atoms with E-state index in [9.17, 15) is 4.79 Å². The highest BCUT2D eigenvalue weighted by molar-refractivity contribution is 6.30. The van der Waals surface area contributed by atoms with Crippen LogP contribution in [0.3, 0.4) is 0 Å². The van der Waals surface area contributed by atoms with Gasteiger partial charge in [-0.05, 0) is 42.8 Å². The monoisotopic (exact) mass is 351 g/mol. The van der Waals surface area contributed by atoms with E-state index in [4.69, 9.17) is 11.6 Å². The second-order valence-electron chi connectivity index (χ2n) is 5.74. The lowest BCUT2D eigenvalue weighted by Gasteiger charge is -2.08. The third-order valence-electron chi connectivity index (χ3n) is 3.68. The number of rotatable bonds is 5. The minimum absolute atomic E-state index is 0.199. The van der Waals surface area contributed by atoms with Crippen molar-refractivity contribution in [3.05, 3.63) is 88.7 Å². The molecule has 4 nitrogen and oxygen atoms in total. The largest absolute Gasteiger partial charge is 0.354 e. The summed E-state index contributed by atoms with van der Waals surface area (Å²) >= 11 is 5.96. The molecule has 2 aromatic carbocycles. The van der Waals surface area contributed by atoms with Gasteiger partial charge in [0.2, 0.25) is 0 Å². The Morgan fingerprint density at radius 1 is 1.04 bits per heavy atom.